The lowest BCUT2D eigenvalue weighted by Gasteiger charge is -2.10. The van der Waals surface area contributed by atoms with E-state index in [1.165, 1.54) is 6.20 Å². The van der Waals surface area contributed by atoms with Gasteiger partial charge in [0.25, 0.3) is 0 Å². The molecule has 0 saturated carbocycles. The van der Waals surface area contributed by atoms with E-state index in [0.717, 1.165) is 10.8 Å². The van der Waals surface area contributed by atoms with Gasteiger partial charge in [0, 0.05) is 32.2 Å². The Balaban J connectivity index is 2.09. The Morgan fingerprint density at radius 1 is 1.09 bits per heavy atom. The van der Waals surface area contributed by atoms with E-state index < -0.39 is 13.6 Å². The lowest BCUT2D eigenvalue weighted by atomic mass is 10.3. The molecule has 1 aromatic carbocycles. The standard InChI is InChI=1S/C8H7BrN2O6P2S3/c9-5-3-6-7(11-2-1-10-6)4-8(5)20-22-19(15,16)17-21-18(12,13)14/h1-4H,(H,15,16)(H2,12,13,14). The van der Waals surface area contributed by atoms with Crippen LogP contribution < -0.4 is 0 Å². The molecular formula is C8H7BrN2O6P2S3. The van der Waals surface area contributed by atoms with E-state index in [0.29, 0.717) is 30.8 Å². The lowest BCUT2D eigenvalue weighted by Crippen LogP contribution is -1.84. The third kappa shape index (κ3) is 5.79. The highest BCUT2D eigenvalue weighted by atomic mass is 79.9. The molecular weight excluding hydrogens is 458 g/mol. The van der Waals surface area contributed by atoms with Gasteiger partial charge < -0.3 is 14.7 Å². The number of hydrogen-bond donors (Lipinski definition) is 3. The van der Waals surface area contributed by atoms with Crippen molar-refractivity contribution in [3.8, 4) is 0 Å². The summed E-state index contributed by atoms with van der Waals surface area (Å²) in [6.07, 6.45) is 3.07. The van der Waals surface area contributed by atoms with E-state index in [1.807, 2.05) is 0 Å². The summed E-state index contributed by atoms with van der Waals surface area (Å²) in [4.78, 5) is 35.6. The number of fused-ring (bicyclic) bond motifs is 1. The topological polar surface area (TPSA) is 130 Å². The highest BCUT2D eigenvalue weighted by Crippen LogP contribution is 2.69. The van der Waals surface area contributed by atoms with E-state index in [4.69, 9.17) is 9.79 Å². The van der Waals surface area contributed by atoms with Crippen LogP contribution >= 0.6 is 62.4 Å². The van der Waals surface area contributed by atoms with Gasteiger partial charge >= 0.3 is 13.6 Å². The van der Waals surface area contributed by atoms with Crippen molar-refractivity contribution in [2.75, 3.05) is 0 Å². The summed E-state index contributed by atoms with van der Waals surface area (Å²) in [5.41, 5.74) is 1.26. The van der Waals surface area contributed by atoms with Crippen LogP contribution in [0.3, 0.4) is 0 Å². The highest BCUT2D eigenvalue weighted by Gasteiger charge is 2.28. The average molecular weight is 465 g/mol. The number of rotatable bonds is 6. The fourth-order valence-corrected chi connectivity index (χ4v) is 9.04. The molecule has 120 valence electrons. The predicted molar refractivity (Wildman–Crippen MR) is 91.2 cm³/mol. The fourth-order valence-electron chi connectivity index (χ4n) is 1.22. The second kappa shape index (κ2) is 7.52. The van der Waals surface area contributed by atoms with Gasteiger partial charge in [0.2, 0.25) is 0 Å². The molecule has 22 heavy (non-hydrogen) atoms. The Kier molecular flexibility index (Phi) is 6.40. The zero-order valence-corrected chi connectivity index (χ0v) is 16.1. The molecule has 14 heteroatoms. The summed E-state index contributed by atoms with van der Waals surface area (Å²) in [5, 5.41) is 0. The molecule has 0 bridgehead atoms. The molecule has 0 aliphatic heterocycles. The molecule has 1 aromatic heterocycles. The minimum atomic E-state index is -4.59. The van der Waals surface area contributed by atoms with E-state index in [-0.39, 0.29) is 11.7 Å². The minimum absolute atomic E-state index is 0.332. The maximum atomic E-state index is 11.7. The number of nitrogens with zero attached hydrogens (tertiary/aromatic N) is 2. The van der Waals surface area contributed by atoms with Crippen molar-refractivity contribution < 1.29 is 27.8 Å². The monoisotopic (exact) mass is 464 g/mol. The van der Waals surface area contributed by atoms with Gasteiger partial charge in [-0.05, 0) is 38.9 Å². The van der Waals surface area contributed by atoms with Crippen LogP contribution in [0.1, 0.15) is 0 Å². The van der Waals surface area contributed by atoms with E-state index >= 15 is 0 Å². The largest absolute Gasteiger partial charge is 0.411 e. The molecule has 3 N–H and O–H groups in total. The van der Waals surface area contributed by atoms with Gasteiger partial charge in [-0.15, -0.1) is 0 Å². The molecule has 0 fully saturated rings. The van der Waals surface area contributed by atoms with E-state index in [2.05, 4.69) is 29.9 Å². The predicted octanol–water partition coefficient (Wildman–Crippen LogP) is 3.99. The number of hydrogen-bond acceptors (Lipinski definition) is 8. The third-order valence-corrected chi connectivity index (χ3v) is 10.3. The van der Waals surface area contributed by atoms with Gasteiger partial charge in [0.05, 0.1) is 11.0 Å². The molecule has 0 aliphatic rings. The van der Waals surface area contributed by atoms with Crippen LogP contribution in [0.2, 0.25) is 0 Å². The summed E-state index contributed by atoms with van der Waals surface area (Å²) in [6, 6.07) is 3.37. The fraction of sp³-hybridized carbons (Fsp3) is 0. The Hall–Kier alpha value is 0.390. The normalized spacial score (nSPS) is 14.9. The van der Waals surface area contributed by atoms with Crippen molar-refractivity contribution in [2.24, 2.45) is 0 Å². The van der Waals surface area contributed by atoms with Crippen LogP contribution in [0.5, 0.6) is 0 Å². The number of benzene rings is 1. The zero-order valence-electron chi connectivity index (χ0n) is 10.3. The van der Waals surface area contributed by atoms with Crippen molar-refractivity contribution in [2.45, 2.75) is 4.90 Å². The molecule has 0 saturated heterocycles. The lowest BCUT2D eigenvalue weighted by molar-refractivity contribution is 0.388. The first-order valence-electron chi connectivity index (χ1n) is 5.19. The van der Waals surface area contributed by atoms with Gasteiger partial charge in [0.1, 0.15) is 11.7 Å². The van der Waals surface area contributed by atoms with Crippen LogP contribution in [0.25, 0.3) is 11.0 Å². The van der Waals surface area contributed by atoms with Gasteiger partial charge in [-0.1, -0.05) is 0 Å². The van der Waals surface area contributed by atoms with Gasteiger partial charge in [0.15, 0.2) is 0 Å². The van der Waals surface area contributed by atoms with E-state index in [9.17, 15) is 14.0 Å². The molecule has 1 unspecified atom stereocenters. The Morgan fingerprint density at radius 3 is 2.27 bits per heavy atom. The van der Waals surface area contributed by atoms with Crippen LogP contribution in [0.4, 0.5) is 0 Å². The SMILES string of the molecule is O=P(O)(O)SOP(=O)(O)SSc1cc2nccnc2cc1Br. The van der Waals surface area contributed by atoms with Gasteiger partial charge in [-0.2, -0.15) is 0 Å². The highest BCUT2D eigenvalue weighted by molar-refractivity contribution is 9.10. The molecule has 2 aromatic rings. The molecule has 0 amide bonds. The summed E-state index contributed by atoms with van der Waals surface area (Å²) in [5.74, 6) is 0. The Labute approximate surface area is 144 Å². The Morgan fingerprint density at radius 2 is 1.68 bits per heavy atom. The van der Waals surface area contributed by atoms with Gasteiger partial charge in [-0.25, -0.2) is 13.1 Å². The van der Waals surface area contributed by atoms with Crippen molar-refractivity contribution in [3.05, 3.63) is 29.0 Å². The summed E-state index contributed by atoms with van der Waals surface area (Å²) < 4.78 is 27.2. The Bertz CT molecular complexity index is 790. The molecule has 0 aliphatic carbocycles. The van der Waals surface area contributed by atoms with E-state index in [1.54, 1.807) is 18.3 Å². The summed E-state index contributed by atoms with van der Waals surface area (Å²) >= 11 is 2.98. The molecule has 0 radical (unpaired) electrons. The number of halogens is 1. The van der Waals surface area contributed by atoms with Crippen molar-refractivity contribution >= 4 is 73.4 Å². The summed E-state index contributed by atoms with van der Waals surface area (Å²) in [6.45, 7) is -8.83. The summed E-state index contributed by atoms with van der Waals surface area (Å²) in [7, 11) is 1.38. The quantitative estimate of drug-likeness (QED) is 0.325. The minimum Gasteiger partial charge on any atom is -0.315 e. The second-order valence-corrected chi connectivity index (χ2v) is 13.4. The average Bonchev–Trinajstić information content (AvgIpc) is 2.42. The maximum Gasteiger partial charge on any atom is 0.411 e. The zero-order chi connectivity index (χ0) is 16.4. The van der Waals surface area contributed by atoms with Crippen molar-refractivity contribution in [1.82, 2.24) is 9.97 Å². The van der Waals surface area contributed by atoms with Crippen LogP contribution in [-0.2, 0) is 13.1 Å². The van der Waals surface area contributed by atoms with Crippen molar-refractivity contribution in [1.29, 1.82) is 0 Å². The molecule has 0 spiro atoms. The molecule has 1 heterocycles. The first-order chi connectivity index (χ1) is 10.2. The third-order valence-electron chi connectivity index (χ3n) is 1.97. The first-order valence-corrected chi connectivity index (χ1v) is 13.3. The van der Waals surface area contributed by atoms with Crippen LogP contribution in [0.15, 0.2) is 33.9 Å². The van der Waals surface area contributed by atoms with Crippen LogP contribution in [0, 0.1) is 0 Å². The smallest absolute Gasteiger partial charge is 0.315 e. The second-order valence-electron chi connectivity index (χ2n) is 3.59. The number of aromatic nitrogens is 2. The molecule has 8 nitrogen and oxygen atoms in total. The first kappa shape index (κ1) is 18.7. The van der Waals surface area contributed by atoms with Crippen LogP contribution in [-0.4, -0.2) is 24.6 Å². The molecule has 2 rings (SSSR count). The maximum absolute atomic E-state index is 11.7. The molecule has 1 atom stereocenters. The van der Waals surface area contributed by atoms with Crippen molar-refractivity contribution in [3.63, 3.8) is 0 Å². The van der Waals surface area contributed by atoms with Gasteiger partial charge in [-0.3, -0.25) is 9.97 Å².